The molecule has 4 nitrogen and oxygen atoms in total. The van der Waals surface area contributed by atoms with Crippen molar-refractivity contribution in [3.8, 4) is 16.8 Å². The molecule has 2 heterocycles. The zero-order valence-electron chi connectivity index (χ0n) is 9.50. The number of nitrogens with zero attached hydrogens (tertiary/aromatic N) is 2. The SMILES string of the molecule is N#C[C@@H](O)c1ccc(-c2nc3c(Cl)cccc3s2)o1. The third kappa shape index (κ3) is 2.10. The van der Waals surface area contributed by atoms with Gasteiger partial charge in [-0.2, -0.15) is 5.26 Å². The molecule has 6 heteroatoms. The number of halogens is 1. The number of benzene rings is 1. The molecule has 3 rings (SSSR count). The van der Waals surface area contributed by atoms with Crippen molar-refractivity contribution in [2.75, 3.05) is 0 Å². The number of hydrogen-bond donors (Lipinski definition) is 1. The maximum Gasteiger partial charge on any atom is 0.198 e. The molecule has 0 aliphatic carbocycles. The summed E-state index contributed by atoms with van der Waals surface area (Å²) >= 11 is 7.51. The van der Waals surface area contributed by atoms with Crippen LogP contribution in [0.1, 0.15) is 11.9 Å². The highest BCUT2D eigenvalue weighted by molar-refractivity contribution is 7.21. The van der Waals surface area contributed by atoms with E-state index in [1.54, 1.807) is 24.3 Å². The largest absolute Gasteiger partial charge is 0.455 e. The Bertz CT molecular complexity index is 787. The summed E-state index contributed by atoms with van der Waals surface area (Å²) in [5, 5.41) is 19.3. The van der Waals surface area contributed by atoms with Crippen molar-refractivity contribution in [1.82, 2.24) is 4.98 Å². The van der Waals surface area contributed by atoms with Gasteiger partial charge in [0.15, 0.2) is 16.9 Å². The lowest BCUT2D eigenvalue weighted by Crippen LogP contribution is -1.88. The van der Waals surface area contributed by atoms with Crippen LogP contribution in [-0.2, 0) is 0 Å². The highest BCUT2D eigenvalue weighted by Gasteiger charge is 2.15. The van der Waals surface area contributed by atoms with Crippen LogP contribution in [0, 0.1) is 11.3 Å². The van der Waals surface area contributed by atoms with Gasteiger partial charge in [0.25, 0.3) is 0 Å². The lowest BCUT2D eigenvalue weighted by Gasteiger charge is -1.94. The zero-order valence-corrected chi connectivity index (χ0v) is 11.1. The summed E-state index contributed by atoms with van der Waals surface area (Å²) in [7, 11) is 0. The van der Waals surface area contributed by atoms with Crippen LogP contribution in [0.25, 0.3) is 21.0 Å². The van der Waals surface area contributed by atoms with Crippen LogP contribution in [0.5, 0.6) is 0 Å². The average Bonchev–Trinajstić information content (AvgIpc) is 3.04. The fraction of sp³-hybridized carbons (Fsp3) is 0.0769. The second-order valence-electron chi connectivity index (χ2n) is 3.84. The minimum absolute atomic E-state index is 0.211. The summed E-state index contributed by atoms with van der Waals surface area (Å²) in [5.41, 5.74) is 0.725. The van der Waals surface area contributed by atoms with E-state index < -0.39 is 6.10 Å². The van der Waals surface area contributed by atoms with Gasteiger partial charge in [0.1, 0.15) is 17.3 Å². The molecule has 0 spiro atoms. The molecule has 0 amide bonds. The van der Waals surface area contributed by atoms with E-state index in [1.807, 2.05) is 12.1 Å². The van der Waals surface area contributed by atoms with E-state index >= 15 is 0 Å². The summed E-state index contributed by atoms with van der Waals surface area (Å²) < 4.78 is 6.38. The van der Waals surface area contributed by atoms with Gasteiger partial charge in [-0.1, -0.05) is 17.7 Å². The number of rotatable bonds is 2. The van der Waals surface area contributed by atoms with Gasteiger partial charge >= 0.3 is 0 Å². The molecule has 1 N–H and O–H groups in total. The van der Waals surface area contributed by atoms with Crippen molar-refractivity contribution in [2.24, 2.45) is 0 Å². The fourth-order valence-electron chi connectivity index (χ4n) is 1.70. The molecule has 19 heavy (non-hydrogen) atoms. The molecule has 0 saturated heterocycles. The molecule has 0 radical (unpaired) electrons. The second kappa shape index (κ2) is 4.67. The summed E-state index contributed by atoms with van der Waals surface area (Å²) in [6.07, 6.45) is -1.26. The smallest absolute Gasteiger partial charge is 0.198 e. The average molecular weight is 291 g/mol. The summed E-state index contributed by atoms with van der Waals surface area (Å²) in [5.74, 6) is 0.726. The first kappa shape index (κ1) is 12.2. The molecular formula is C13H7ClN2O2S. The third-order valence-electron chi connectivity index (χ3n) is 2.60. The molecule has 94 valence electrons. The van der Waals surface area contributed by atoms with Gasteiger partial charge in [-0.15, -0.1) is 11.3 Å². The van der Waals surface area contributed by atoms with E-state index in [2.05, 4.69) is 4.98 Å². The standard InChI is InChI=1S/C13H7ClN2O2S/c14-7-2-1-3-11-12(7)16-13(19-11)10-5-4-9(18-10)8(17)6-15/h1-5,8,17H/t8-/m1/s1. The summed E-state index contributed by atoms with van der Waals surface area (Å²) in [6, 6.07) is 10.5. The Labute approximate surface area is 117 Å². The van der Waals surface area contributed by atoms with Crippen LogP contribution in [-0.4, -0.2) is 10.1 Å². The number of para-hydroxylation sites is 1. The number of aliphatic hydroxyl groups excluding tert-OH is 1. The first-order valence-corrected chi connectivity index (χ1v) is 6.61. The molecule has 0 aliphatic heterocycles. The van der Waals surface area contributed by atoms with Crippen molar-refractivity contribution in [3.63, 3.8) is 0 Å². The van der Waals surface area contributed by atoms with Crippen molar-refractivity contribution < 1.29 is 9.52 Å². The highest BCUT2D eigenvalue weighted by Crippen LogP contribution is 2.34. The number of aliphatic hydroxyl groups is 1. The summed E-state index contributed by atoms with van der Waals surface area (Å²) in [6.45, 7) is 0. The van der Waals surface area contributed by atoms with Crippen molar-refractivity contribution in [3.05, 3.63) is 41.1 Å². The van der Waals surface area contributed by atoms with Crippen molar-refractivity contribution in [2.45, 2.75) is 6.10 Å². The molecule has 1 aromatic carbocycles. The van der Waals surface area contributed by atoms with Crippen LogP contribution < -0.4 is 0 Å². The zero-order chi connectivity index (χ0) is 13.4. The normalized spacial score (nSPS) is 12.5. The second-order valence-corrected chi connectivity index (χ2v) is 5.28. The number of fused-ring (bicyclic) bond motifs is 1. The predicted molar refractivity (Wildman–Crippen MR) is 72.9 cm³/mol. The van der Waals surface area contributed by atoms with Crippen LogP contribution >= 0.6 is 22.9 Å². The monoisotopic (exact) mass is 290 g/mol. The van der Waals surface area contributed by atoms with E-state index in [9.17, 15) is 5.11 Å². The Morgan fingerprint density at radius 1 is 1.37 bits per heavy atom. The van der Waals surface area contributed by atoms with Gasteiger partial charge in [-0.3, -0.25) is 0 Å². The maximum absolute atomic E-state index is 9.38. The molecule has 1 atom stereocenters. The Hall–Kier alpha value is -1.87. The van der Waals surface area contributed by atoms with E-state index in [-0.39, 0.29) is 5.76 Å². The van der Waals surface area contributed by atoms with E-state index in [0.29, 0.717) is 15.8 Å². The predicted octanol–water partition coefficient (Wildman–Crippen LogP) is 3.77. The molecule has 0 fully saturated rings. The Morgan fingerprint density at radius 2 is 2.21 bits per heavy atom. The maximum atomic E-state index is 9.38. The van der Waals surface area contributed by atoms with Crippen LogP contribution in [0.2, 0.25) is 5.02 Å². The number of aromatic nitrogens is 1. The third-order valence-corrected chi connectivity index (χ3v) is 3.94. The topological polar surface area (TPSA) is 70.0 Å². The number of hydrogen-bond acceptors (Lipinski definition) is 5. The Kier molecular flexibility index (Phi) is 2.99. The number of furan rings is 1. The van der Waals surface area contributed by atoms with Gasteiger partial charge in [0.2, 0.25) is 0 Å². The molecule has 0 unspecified atom stereocenters. The summed E-state index contributed by atoms with van der Waals surface area (Å²) in [4.78, 5) is 4.41. The van der Waals surface area contributed by atoms with Crippen molar-refractivity contribution in [1.29, 1.82) is 5.26 Å². The van der Waals surface area contributed by atoms with Crippen LogP contribution in [0.3, 0.4) is 0 Å². The minimum atomic E-state index is -1.26. The molecule has 0 bridgehead atoms. The number of nitriles is 1. The molecular weight excluding hydrogens is 284 g/mol. The van der Waals surface area contributed by atoms with Gasteiger partial charge in [0.05, 0.1) is 9.72 Å². The minimum Gasteiger partial charge on any atom is -0.455 e. The van der Waals surface area contributed by atoms with E-state index in [1.165, 1.54) is 11.3 Å². The quantitative estimate of drug-likeness (QED) is 0.729. The van der Waals surface area contributed by atoms with Crippen LogP contribution in [0.4, 0.5) is 0 Å². The van der Waals surface area contributed by atoms with Crippen LogP contribution in [0.15, 0.2) is 34.7 Å². The van der Waals surface area contributed by atoms with Gasteiger partial charge in [0, 0.05) is 0 Å². The fourth-order valence-corrected chi connectivity index (χ4v) is 2.93. The number of thiazole rings is 1. The van der Waals surface area contributed by atoms with E-state index in [0.717, 1.165) is 10.2 Å². The Morgan fingerprint density at radius 3 is 2.95 bits per heavy atom. The van der Waals surface area contributed by atoms with E-state index in [4.69, 9.17) is 21.3 Å². The van der Waals surface area contributed by atoms with Crippen molar-refractivity contribution >= 4 is 33.2 Å². The lowest BCUT2D eigenvalue weighted by atomic mass is 10.3. The first-order chi connectivity index (χ1) is 9.19. The molecule has 3 aromatic rings. The highest BCUT2D eigenvalue weighted by atomic mass is 35.5. The molecule has 0 aliphatic rings. The molecule has 2 aromatic heterocycles. The Balaban J connectivity index is 2.07. The molecule has 0 saturated carbocycles. The van der Waals surface area contributed by atoms with Gasteiger partial charge in [-0.25, -0.2) is 4.98 Å². The lowest BCUT2D eigenvalue weighted by molar-refractivity contribution is 0.205. The first-order valence-electron chi connectivity index (χ1n) is 5.42. The van der Waals surface area contributed by atoms with Gasteiger partial charge < -0.3 is 9.52 Å². The van der Waals surface area contributed by atoms with Gasteiger partial charge in [-0.05, 0) is 24.3 Å².